The first-order chi connectivity index (χ1) is 15.1. The standard InChI is InChI=1S/C28H31NO2S/c1-26(2)14-21(30)24-22(15-26)31-27(3,4)18-10-11-28(5)19(23(18)24)13-17-12-16-8-6-7-9-20(16)29-25(17)32-28/h6-9,12-13,18,23H,10-11,14-15H2,1-5H3. The summed E-state index contributed by atoms with van der Waals surface area (Å²) in [6.45, 7) is 11.2. The molecule has 4 aliphatic rings. The second kappa shape index (κ2) is 6.50. The monoisotopic (exact) mass is 445 g/mol. The Morgan fingerprint density at radius 1 is 1.09 bits per heavy atom. The molecular formula is C28H31NO2S. The summed E-state index contributed by atoms with van der Waals surface area (Å²) in [5.41, 5.74) is 4.31. The van der Waals surface area contributed by atoms with Crippen LogP contribution >= 0.6 is 11.8 Å². The zero-order valence-electron chi connectivity index (χ0n) is 19.6. The Labute approximate surface area is 194 Å². The molecule has 32 heavy (non-hydrogen) atoms. The van der Waals surface area contributed by atoms with Crippen molar-refractivity contribution < 1.29 is 9.53 Å². The van der Waals surface area contributed by atoms with Crippen LogP contribution in [0, 0.1) is 17.3 Å². The second-order valence-electron chi connectivity index (χ2n) is 11.6. The molecule has 0 N–H and O–H groups in total. The molecule has 0 saturated heterocycles. The number of carbonyl (C=O) groups is 1. The van der Waals surface area contributed by atoms with Gasteiger partial charge in [-0.1, -0.05) is 49.9 Å². The molecule has 0 bridgehead atoms. The van der Waals surface area contributed by atoms with E-state index in [0.717, 1.165) is 41.1 Å². The molecule has 1 saturated carbocycles. The normalized spacial score (nSPS) is 32.3. The lowest BCUT2D eigenvalue weighted by molar-refractivity contribution is -0.125. The summed E-state index contributed by atoms with van der Waals surface area (Å²) >= 11 is 1.90. The second-order valence-corrected chi connectivity index (χ2v) is 13.1. The smallest absolute Gasteiger partial charge is 0.163 e. The summed E-state index contributed by atoms with van der Waals surface area (Å²) < 4.78 is 6.57. The van der Waals surface area contributed by atoms with Crippen LogP contribution in [0.15, 0.2) is 52.3 Å². The van der Waals surface area contributed by atoms with Crippen LogP contribution in [0.5, 0.6) is 0 Å². The van der Waals surface area contributed by atoms with Crippen LogP contribution in [0.3, 0.4) is 0 Å². The molecule has 1 fully saturated rings. The first-order valence-corrected chi connectivity index (χ1v) is 12.6. The van der Waals surface area contributed by atoms with Crippen molar-refractivity contribution in [3.8, 4) is 0 Å². The number of para-hydroxylation sites is 1. The van der Waals surface area contributed by atoms with Gasteiger partial charge in [0, 0.05) is 45.9 Å². The van der Waals surface area contributed by atoms with Gasteiger partial charge in [0.05, 0.1) is 5.52 Å². The first-order valence-electron chi connectivity index (χ1n) is 11.8. The minimum atomic E-state index is -0.272. The third-order valence-electron chi connectivity index (χ3n) is 8.10. The number of carbonyl (C=O) groups excluding carboxylic acids is 1. The first kappa shape index (κ1) is 20.5. The number of Topliss-reactive ketones (excluding diaryl/α,β-unsaturated/α-hetero) is 1. The van der Waals surface area contributed by atoms with E-state index < -0.39 is 0 Å². The van der Waals surface area contributed by atoms with E-state index in [-0.39, 0.29) is 21.7 Å². The van der Waals surface area contributed by atoms with Gasteiger partial charge in [0.25, 0.3) is 0 Å². The highest BCUT2D eigenvalue weighted by molar-refractivity contribution is 8.01. The third-order valence-corrected chi connectivity index (χ3v) is 9.51. The fraction of sp³-hybridized carbons (Fsp3) is 0.500. The molecule has 0 radical (unpaired) electrons. The van der Waals surface area contributed by atoms with Crippen LogP contribution in [-0.4, -0.2) is 21.1 Å². The van der Waals surface area contributed by atoms with Crippen molar-refractivity contribution in [2.45, 2.75) is 75.7 Å². The van der Waals surface area contributed by atoms with Gasteiger partial charge in [-0.3, -0.25) is 4.79 Å². The van der Waals surface area contributed by atoms with E-state index in [1.54, 1.807) is 0 Å². The van der Waals surface area contributed by atoms with Gasteiger partial charge in [-0.25, -0.2) is 4.98 Å². The molecule has 2 aromatic rings. The number of hydrogen-bond acceptors (Lipinski definition) is 4. The molecule has 1 aromatic carbocycles. The van der Waals surface area contributed by atoms with E-state index in [0.29, 0.717) is 18.1 Å². The molecule has 3 atom stereocenters. The number of hydrogen-bond donors (Lipinski definition) is 0. The Morgan fingerprint density at radius 3 is 2.69 bits per heavy atom. The summed E-state index contributed by atoms with van der Waals surface area (Å²) in [6.07, 6.45) is 5.98. The highest BCUT2D eigenvalue weighted by Gasteiger charge is 2.56. The van der Waals surface area contributed by atoms with Gasteiger partial charge in [0.2, 0.25) is 0 Å². The molecule has 1 aromatic heterocycles. The lowest BCUT2D eigenvalue weighted by Gasteiger charge is -2.55. The number of fused-ring (bicyclic) bond motifs is 6. The molecule has 3 nitrogen and oxygen atoms in total. The number of rotatable bonds is 0. The molecule has 3 heterocycles. The fourth-order valence-corrected chi connectivity index (χ4v) is 7.87. The maximum absolute atomic E-state index is 13.5. The summed E-state index contributed by atoms with van der Waals surface area (Å²) in [5.74, 6) is 1.71. The Kier molecular flexibility index (Phi) is 4.17. The van der Waals surface area contributed by atoms with E-state index in [4.69, 9.17) is 9.72 Å². The number of nitrogens with zero attached hydrogens (tertiary/aromatic N) is 1. The zero-order valence-corrected chi connectivity index (χ0v) is 20.4. The number of allylic oxidation sites excluding steroid dienone is 2. The predicted molar refractivity (Wildman–Crippen MR) is 130 cm³/mol. The van der Waals surface area contributed by atoms with Crippen LogP contribution in [0.25, 0.3) is 17.0 Å². The molecular weight excluding hydrogens is 414 g/mol. The number of ether oxygens (including phenoxy) is 1. The lowest BCUT2D eigenvalue weighted by atomic mass is 9.58. The highest BCUT2D eigenvalue weighted by atomic mass is 32.2. The quantitative estimate of drug-likeness (QED) is 0.439. The lowest BCUT2D eigenvalue weighted by Crippen LogP contribution is -2.53. The number of thioether (sulfide) groups is 1. The van der Waals surface area contributed by atoms with Crippen LogP contribution in [0.2, 0.25) is 0 Å². The molecule has 0 spiro atoms. The Hall–Kier alpha value is -2.07. The van der Waals surface area contributed by atoms with E-state index >= 15 is 0 Å². The summed E-state index contributed by atoms with van der Waals surface area (Å²) in [4.78, 5) is 18.5. The third kappa shape index (κ3) is 2.95. The van der Waals surface area contributed by atoms with E-state index in [2.05, 4.69) is 71.0 Å². The number of aromatic nitrogens is 1. The van der Waals surface area contributed by atoms with Gasteiger partial charge in [0.15, 0.2) is 5.78 Å². The average molecular weight is 446 g/mol. The van der Waals surface area contributed by atoms with Crippen LogP contribution in [0.1, 0.15) is 65.9 Å². The van der Waals surface area contributed by atoms with Crippen molar-refractivity contribution in [1.82, 2.24) is 4.98 Å². The van der Waals surface area contributed by atoms with E-state index in [1.165, 1.54) is 16.5 Å². The van der Waals surface area contributed by atoms with Crippen LogP contribution in [-0.2, 0) is 9.53 Å². The van der Waals surface area contributed by atoms with Gasteiger partial charge in [-0.15, -0.1) is 0 Å². The van der Waals surface area contributed by atoms with Crippen molar-refractivity contribution in [3.63, 3.8) is 0 Å². The van der Waals surface area contributed by atoms with Crippen molar-refractivity contribution in [3.05, 3.63) is 52.8 Å². The largest absolute Gasteiger partial charge is 0.491 e. The highest BCUT2D eigenvalue weighted by Crippen LogP contribution is 2.62. The van der Waals surface area contributed by atoms with Gasteiger partial charge in [0.1, 0.15) is 16.4 Å². The van der Waals surface area contributed by atoms with Crippen molar-refractivity contribution in [2.24, 2.45) is 17.3 Å². The molecule has 3 unspecified atom stereocenters. The van der Waals surface area contributed by atoms with Crippen molar-refractivity contribution in [1.29, 1.82) is 0 Å². The topological polar surface area (TPSA) is 39.2 Å². The van der Waals surface area contributed by atoms with E-state index in [1.807, 2.05) is 11.8 Å². The minimum absolute atomic E-state index is 0.0393. The number of pyridine rings is 1. The fourth-order valence-electron chi connectivity index (χ4n) is 6.54. The Bertz CT molecular complexity index is 1240. The minimum Gasteiger partial charge on any atom is -0.491 e. The SMILES string of the molecule is CC1(C)CC(=O)C2=C(C1)OC(C)(C)C1CCC3(C)Sc4nc5ccccc5cc4C=C3C21. The molecule has 166 valence electrons. The summed E-state index contributed by atoms with van der Waals surface area (Å²) in [5, 5.41) is 2.28. The summed E-state index contributed by atoms with van der Waals surface area (Å²) in [6, 6.07) is 10.6. The molecule has 0 amide bonds. The number of benzene rings is 1. The Morgan fingerprint density at radius 2 is 1.88 bits per heavy atom. The van der Waals surface area contributed by atoms with Crippen molar-refractivity contribution >= 4 is 34.5 Å². The van der Waals surface area contributed by atoms with E-state index in [9.17, 15) is 4.79 Å². The summed E-state index contributed by atoms with van der Waals surface area (Å²) in [7, 11) is 0. The molecule has 2 aliphatic heterocycles. The molecule has 2 aliphatic carbocycles. The van der Waals surface area contributed by atoms with Gasteiger partial charge >= 0.3 is 0 Å². The number of ketones is 1. The van der Waals surface area contributed by atoms with Crippen LogP contribution in [0.4, 0.5) is 0 Å². The average Bonchev–Trinajstić information content (AvgIpc) is 2.68. The van der Waals surface area contributed by atoms with Crippen LogP contribution < -0.4 is 0 Å². The predicted octanol–water partition coefficient (Wildman–Crippen LogP) is 6.96. The molecule has 6 rings (SSSR count). The maximum Gasteiger partial charge on any atom is 0.163 e. The zero-order chi connectivity index (χ0) is 22.5. The maximum atomic E-state index is 13.5. The van der Waals surface area contributed by atoms with Gasteiger partial charge in [-0.2, -0.15) is 0 Å². The van der Waals surface area contributed by atoms with Gasteiger partial charge < -0.3 is 4.74 Å². The van der Waals surface area contributed by atoms with Gasteiger partial charge in [-0.05, 0) is 56.7 Å². The van der Waals surface area contributed by atoms with Crippen molar-refractivity contribution in [2.75, 3.05) is 0 Å². The molecule has 4 heteroatoms. The Balaban J connectivity index is 1.56.